The van der Waals surface area contributed by atoms with E-state index >= 15 is 0 Å². The Labute approximate surface area is 193 Å². The number of thiazole rings is 1. The second-order valence-electron chi connectivity index (χ2n) is 8.16. The molecule has 3 N–H and O–H groups in total. The lowest BCUT2D eigenvalue weighted by Gasteiger charge is -2.32. The number of nitrogens with zero attached hydrogens (tertiary/aromatic N) is 1. The molecule has 5 rings (SSSR count). The maximum atomic E-state index is 12.4. The monoisotopic (exact) mass is 463 g/mol. The van der Waals surface area contributed by atoms with E-state index in [1.54, 1.807) is 0 Å². The molecule has 2 aliphatic rings. The predicted octanol–water partition coefficient (Wildman–Crippen LogP) is 4.10. The van der Waals surface area contributed by atoms with E-state index in [0.29, 0.717) is 17.7 Å². The molecule has 0 aliphatic heterocycles. The third-order valence-corrected chi connectivity index (χ3v) is 7.02. The number of carboxylic acids is 1. The maximum absolute atomic E-state index is 12.4. The smallest absolute Gasteiger partial charge is 0.413 e. The Morgan fingerprint density at radius 2 is 1.67 bits per heavy atom. The zero-order valence-corrected chi connectivity index (χ0v) is 18.3. The number of carboxylic acid groups (broad SMARTS) is 1. The molecular formula is C24H21N3O5S. The summed E-state index contributed by atoms with van der Waals surface area (Å²) in [6.45, 7) is 0.186. The van der Waals surface area contributed by atoms with Crippen LogP contribution in [0.15, 0.2) is 54.7 Å². The third-order valence-electron chi connectivity index (χ3n) is 6.10. The third kappa shape index (κ3) is 4.19. The van der Waals surface area contributed by atoms with E-state index in [0.717, 1.165) is 33.6 Å². The van der Waals surface area contributed by atoms with Crippen LogP contribution in [-0.2, 0) is 9.53 Å². The van der Waals surface area contributed by atoms with Gasteiger partial charge in [-0.2, -0.15) is 0 Å². The molecule has 0 unspecified atom stereocenters. The quantitative estimate of drug-likeness (QED) is 0.507. The molecule has 33 heavy (non-hydrogen) atoms. The molecule has 1 fully saturated rings. The number of fused-ring (bicyclic) bond motifs is 3. The highest BCUT2D eigenvalue weighted by molar-refractivity contribution is 7.17. The number of carbonyl (C=O) groups is 3. The zero-order valence-electron chi connectivity index (χ0n) is 17.5. The Hall–Kier alpha value is -3.72. The van der Waals surface area contributed by atoms with Crippen LogP contribution in [0.5, 0.6) is 0 Å². The van der Waals surface area contributed by atoms with Crippen LogP contribution < -0.4 is 10.6 Å². The van der Waals surface area contributed by atoms with Gasteiger partial charge in [0.05, 0.1) is 12.1 Å². The number of hydrogen-bond donors (Lipinski definition) is 3. The Morgan fingerprint density at radius 3 is 2.30 bits per heavy atom. The van der Waals surface area contributed by atoms with Crippen LogP contribution in [0.1, 0.15) is 39.6 Å². The number of anilines is 1. The first-order chi connectivity index (χ1) is 16.0. The summed E-state index contributed by atoms with van der Waals surface area (Å²) in [5.41, 5.74) is 4.55. The molecule has 2 aromatic carbocycles. The van der Waals surface area contributed by atoms with Crippen molar-refractivity contribution in [3.8, 4) is 11.1 Å². The van der Waals surface area contributed by atoms with Crippen molar-refractivity contribution in [3.05, 3.63) is 70.7 Å². The summed E-state index contributed by atoms with van der Waals surface area (Å²) in [5, 5.41) is 14.6. The molecule has 1 heterocycles. The molecule has 1 aromatic heterocycles. The highest BCUT2D eigenvalue weighted by atomic mass is 32.1. The van der Waals surface area contributed by atoms with Gasteiger partial charge in [0.2, 0.25) is 0 Å². The van der Waals surface area contributed by atoms with Crippen LogP contribution in [0.4, 0.5) is 9.93 Å². The van der Waals surface area contributed by atoms with Gasteiger partial charge in [-0.25, -0.2) is 9.78 Å². The van der Waals surface area contributed by atoms with E-state index in [4.69, 9.17) is 9.84 Å². The average Bonchev–Trinajstić information content (AvgIpc) is 3.37. The van der Waals surface area contributed by atoms with Gasteiger partial charge in [0.1, 0.15) is 11.5 Å². The molecule has 0 radical (unpaired) electrons. The van der Waals surface area contributed by atoms with E-state index in [-0.39, 0.29) is 29.6 Å². The van der Waals surface area contributed by atoms with Crippen LogP contribution in [0.25, 0.3) is 11.1 Å². The molecule has 3 aromatic rings. The highest BCUT2D eigenvalue weighted by Gasteiger charge is 2.35. The van der Waals surface area contributed by atoms with Crippen molar-refractivity contribution in [2.45, 2.75) is 24.8 Å². The number of amides is 2. The highest BCUT2D eigenvalue weighted by Crippen LogP contribution is 2.44. The average molecular weight is 464 g/mol. The lowest BCUT2D eigenvalue weighted by Crippen LogP contribution is -2.46. The van der Waals surface area contributed by atoms with E-state index in [1.807, 2.05) is 36.4 Å². The number of ether oxygens (including phenoxy) is 1. The van der Waals surface area contributed by atoms with Crippen LogP contribution in [-0.4, -0.2) is 40.7 Å². The number of hydrogen-bond acceptors (Lipinski definition) is 6. The van der Waals surface area contributed by atoms with Gasteiger partial charge in [-0.05, 0) is 35.1 Å². The molecule has 168 valence electrons. The van der Waals surface area contributed by atoms with Gasteiger partial charge in [0.25, 0.3) is 5.91 Å². The summed E-state index contributed by atoms with van der Waals surface area (Å²) in [7, 11) is 0. The summed E-state index contributed by atoms with van der Waals surface area (Å²) in [6.07, 6.45) is 1.59. The first-order valence-corrected chi connectivity index (χ1v) is 11.4. The lowest BCUT2D eigenvalue weighted by atomic mass is 9.80. The van der Waals surface area contributed by atoms with Crippen LogP contribution in [0, 0.1) is 5.92 Å². The van der Waals surface area contributed by atoms with Crippen molar-refractivity contribution in [1.29, 1.82) is 0 Å². The Morgan fingerprint density at radius 1 is 1.03 bits per heavy atom. The molecule has 1 saturated carbocycles. The van der Waals surface area contributed by atoms with Crippen molar-refractivity contribution < 1.29 is 24.2 Å². The van der Waals surface area contributed by atoms with Gasteiger partial charge >= 0.3 is 12.1 Å². The molecule has 0 saturated heterocycles. The first-order valence-electron chi connectivity index (χ1n) is 10.6. The standard InChI is InChI=1S/C24H21N3O5S/c28-21(26-14-9-13(10-14)22(29)30)20-11-25-23(33-20)27-24(31)32-12-19-17-7-3-1-5-15(17)16-6-2-4-8-18(16)19/h1-8,11,13-14,19H,9-10,12H2,(H,26,28)(H,29,30)(H,25,27,31). The van der Waals surface area contributed by atoms with Gasteiger partial charge in [-0.15, -0.1) is 0 Å². The fourth-order valence-electron chi connectivity index (χ4n) is 4.35. The number of benzene rings is 2. The molecule has 2 aliphatic carbocycles. The number of rotatable bonds is 6. The fourth-order valence-corrected chi connectivity index (χ4v) is 5.06. The second kappa shape index (κ2) is 8.67. The van der Waals surface area contributed by atoms with E-state index in [9.17, 15) is 14.4 Å². The minimum atomic E-state index is -0.840. The summed E-state index contributed by atoms with van der Waals surface area (Å²) < 4.78 is 5.50. The number of aliphatic carboxylic acids is 1. The SMILES string of the molecule is O=C(Nc1ncc(C(=O)NC2CC(C(=O)O)C2)s1)OCC1c2ccccc2-c2ccccc21. The second-order valence-corrected chi connectivity index (χ2v) is 9.19. The summed E-state index contributed by atoms with van der Waals surface area (Å²) in [4.78, 5) is 40.0. The minimum absolute atomic E-state index is 0.0436. The van der Waals surface area contributed by atoms with Crippen molar-refractivity contribution >= 4 is 34.4 Å². The number of nitrogens with one attached hydrogen (secondary N) is 2. The van der Waals surface area contributed by atoms with E-state index in [1.165, 1.54) is 6.20 Å². The molecule has 2 amide bonds. The van der Waals surface area contributed by atoms with Gasteiger partial charge in [0.15, 0.2) is 5.13 Å². The first kappa shape index (κ1) is 21.1. The Bertz CT molecular complexity index is 1190. The molecular weight excluding hydrogens is 442 g/mol. The number of aromatic nitrogens is 1. The van der Waals surface area contributed by atoms with Gasteiger partial charge < -0.3 is 15.2 Å². The largest absolute Gasteiger partial charge is 0.481 e. The topological polar surface area (TPSA) is 118 Å². The maximum Gasteiger partial charge on any atom is 0.413 e. The lowest BCUT2D eigenvalue weighted by molar-refractivity contribution is -0.145. The van der Waals surface area contributed by atoms with Crippen molar-refractivity contribution in [3.63, 3.8) is 0 Å². The van der Waals surface area contributed by atoms with Crippen molar-refractivity contribution in [2.24, 2.45) is 5.92 Å². The fraction of sp³-hybridized carbons (Fsp3) is 0.250. The normalized spacial score (nSPS) is 18.5. The van der Waals surface area contributed by atoms with Crippen molar-refractivity contribution in [1.82, 2.24) is 10.3 Å². The molecule has 0 atom stereocenters. The van der Waals surface area contributed by atoms with Gasteiger partial charge in [0, 0.05) is 12.0 Å². The molecule has 8 nitrogen and oxygen atoms in total. The van der Waals surface area contributed by atoms with Gasteiger partial charge in [-0.3, -0.25) is 14.9 Å². The van der Waals surface area contributed by atoms with Crippen LogP contribution in [0.3, 0.4) is 0 Å². The number of carbonyl (C=O) groups excluding carboxylic acids is 2. The predicted molar refractivity (Wildman–Crippen MR) is 122 cm³/mol. The summed E-state index contributed by atoms with van der Waals surface area (Å²) in [6, 6.07) is 16.0. The molecule has 0 bridgehead atoms. The zero-order chi connectivity index (χ0) is 22.9. The van der Waals surface area contributed by atoms with Crippen molar-refractivity contribution in [2.75, 3.05) is 11.9 Å². The van der Waals surface area contributed by atoms with E-state index < -0.39 is 18.0 Å². The van der Waals surface area contributed by atoms with Crippen LogP contribution >= 0.6 is 11.3 Å². The molecule has 0 spiro atoms. The van der Waals surface area contributed by atoms with E-state index in [2.05, 4.69) is 27.8 Å². The Balaban J connectivity index is 1.16. The molecule has 9 heteroatoms. The summed E-state index contributed by atoms with van der Waals surface area (Å²) in [5.74, 6) is -1.62. The van der Waals surface area contributed by atoms with Gasteiger partial charge in [-0.1, -0.05) is 59.9 Å². The summed E-state index contributed by atoms with van der Waals surface area (Å²) >= 11 is 1.04. The van der Waals surface area contributed by atoms with Crippen LogP contribution in [0.2, 0.25) is 0 Å². The Kier molecular flexibility index (Phi) is 5.55. The minimum Gasteiger partial charge on any atom is -0.481 e.